The van der Waals surface area contributed by atoms with Gasteiger partial charge in [-0.25, -0.2) is 13.7 Å². The first-order chi connectivity index (χ1) is 32.0. The molecule has 69 heavy (non-hydrogen) atoms. The van der Waals surface area contributed by atoms with Crippen LogP contribution >= 0.6 is 33.8 Å². The fourth-order valence-corrected chi connectivity index (χ4v) is 6.20. The highest BCUT2D eigenvalue weighted by molar-refractivity contribution is 7.85. The van der Waals surface area contributed by atoms with Gasteiger partial charge in [-0.1, -0.05) is 104 Å². The molecule has 17 nitrogen and oxygen atoms in total. The van der Waals surface area contributed by atoms with Gasteiger partial charge in [0, 0.05) is 46.6 Å². The molecule has 392 valence electrons. The van der Waals surface area contributed by atoms with Gasteiger partial charge in [-0.2, -0.15) is 8.42 Å². The molecule has 0 fully saturated rings. The minimum absolute atomic E-state index is 0.190. The standard InChI is InChI=1S/C12H19O4P.C12H16O2.C10H15O4P.C10H14O.C2H6ClO3P.CH4O3S/c1-5-10(2)11-6-8-12(9-7-11)16-17(13,14-3)15-4;1-4-9(2)11-5-7-12(8-6-11)14-10(3)13;1-3-8(2)9-4-6-10(7-5-9)14-15(11,12)13;1-3-8(2)9-4-6-10(11)7-5-9;1-5-7(3,4)6-2;1-5(2,3)4/h6-10H,5H2,1-4H3;5-9H,4H2,1-3H3;4-8H,3H2,1-2H3,(H2,11,12,13);4-8,11H,3H2,1-2H3;1-2H3;1H3,(H,2,3,4). The van der Waals surface area contributed by atoms with E-state index in [4.69, 9.17) is 49.0 Å². The second-order valence-corrected chi connectivity index (χ2v) is 22.4. The van der Waals surface area contributed by atoms with Crippen molar-refractivity contribution >= 4 is 49.9 Å². The van der Waals surface area contributed by atoms with Crippen LogP contribution in [0.4, 0.5) is 0 Å². The monoisotopic (exact) mass is 1070 g/mol. The summed E-state index contributed by atoms with van der Waals surface area (Å²) in [4.78, 5) is 27.8. The van der Waals surface area contributed by atoms with Gasteiger partial charge in [0.1, 0.15) is 23.0 Å². The maximum Gasteiger partial charge on any atom is 0.529 e. The Morgan fingerprint density at radius 1 is 0.551 bits per heavy atom. The van der Waals surface area contributed by atoms with Crippen molar-refractivity contribution in [2.45, 2.75) is 112 Å². The number of hydrogen-bond acceptors (Lipinski definition) is 14. The highest BCUT2D eigenvalue weighted by Crippen LogP contribution is 2.51. The van der Waals surface area contributed by atoms with Gasteiger partial charge in [-0.3, -0.25) is 28.2 Å². The highest BCUT2D eigenvalue weighted by atomic mass is 35.7. The average molecular weight is 1070 g/mol. The molecule has 4 atom stereocenters. The van der Waals surface area contributed by atoms with Crippen molar-refractivity contribution in [3.05, 3.63) is 119 Å². The number of rotatable bonds is 17. The van der Waals surface area contributed by atoms with Crippen LogP contribution in [0.15, 0.2) is 97.1 Å². The van der Waals surface area contributed by atoms with Gasteiger partial charge >= 0.3 is 28.6 Å². The van der Waals surface area contributed by atoms with Crippen LogP contribution in [0.1, 0.15) is 134 Å². The largest absolute Gasteiger partial charge is 0.529 e. The maximum atomic E-state index is 11.7. The molecule has 0 spiro atoms. The SMILES string of the molecule is CCC(C)c1ccc(O)cc1.CCC(C)c1ccc(OC(C)=O)cc1.CCC(C)c1ccc(OP(=O)(O)O)cc1.CCC(C)c1ccc(OP(=O)(OC)OC)cc1.COP(=O)(Cl)OC.CS(=O)(=O)O. The van der Waals surface area contributed by atoms with Crippen molar-refractivity contribution in [3.8, 4) is 23.0 Å². The average Bonchev–Trinajstić information content (AvgIpc) is 3.31. The minimum Gasteiger partial charge on any atom is -0.508 e. The molecule has 0 radical (unpaired) electrons. The van der Waals surface area contributed by atoms with Crippen LogP contribution in [-0.2, 0) is 46.7 Å². The van der Waals surface area contributed by atoms with Gasteiger partial charge < -0.3 is 27.9 Å². The number of phosphoric acid groups is 2. The Labute approximate surface area is 415 Å². The number of benzene rings is 4. The van der Waals surface area contributed by atoms with Crippen LogP contribution in [-0.4, -0.2) is 68.5 Å². The smallest absolute Gasteiger partial charge is 0.508 e. The van der Waals surface area contributed by atoms with E-state index in [2.05, 4.69) is 69.0 Å². The number of halogens is 1. The zero-order chi connectivity index (χ0) is 53.6. The van der Waals surface area contributed by atoms with E-state index in [-0.39, 0.29) is 11.7 Å². The lowest BCUT2D eigenvalue weighted by atomic mass is 9.99. The molecule has 0 saturated carbocycles. The summed E-state index contributed by atoms with van der Waals surface area (Å²) in [5, 5.41) is 9.01. The number of aromatic hydroxyl groups is 1. The number of hydrogen-bond donors (Lipinski definition) is 4. The molecular weight excluding hydrogens is 997 g/mol. The van der Waals surface area contributed by atoms with Crippen LogP contribution in [0, 0.1) is 0 Å². The van der Waals surface area contributed by atoms with Crippen molar-refractivity contribution in [3.63, 3.8) is 0 Å². The third-order valence-electron chi connectivity index (χ3n) is 9.85. The van der Waals surface area contributed by atoms with Crippen molar-refractivity contribution in [1.82, 2.24) is 0 Å². The second-order valence-electron chi connectivity index (χ2n) is 15.1. The van der Waals surface area contributed by atoms with E-state index in [1.54, 1.807) is 36.4 Å². The van der Waals surface area contributed by atoms with E-state index in [1.165, 1.54) is 52.1 Å². The fraction of sp³-hybridized carbons (Fsp3) is 0.468. The molecule has 4 N–H and O–H groups in total. The topological polar surface area (TPSA) is 248 Å². The molecule has 0 aliphatic heterocycles. The first-order valence-corrected chi connectivity index (χ1v) is 29.0. The lowest BCUT2D eigenvalue weighted by Crippen LogP contribution is -2.01. The van der Waals surface area contributed by atoms with Gasteiger partial charge in [-0.15, -0.1) is 0 Å². The molecule has 0 amide bonds. The number of phenolic OH excluding ortho intramolecular Hbond substituents is 1. The Morgan fingerprint density at radius 3 is 1.03 bits per heavy atom. The van der Waals surface area contributed by atoms with Gasteiger partial charge in [0.15, 0.2) is 0 Å². The van der Waals surface area contributed by atoms with E-state index in [9.17, 15) is 26.9 Å². The summed E-state index contributed by atoms with van der Waals surface area (Å²) in [6.45, 7) is 15.4. The first kappa shape index (κ1) is 67.5. The zero-order valence-corrected chi connectivity index (χ0v) is 46.4. The van der Waals surface area contributed by atoms with Crippen LogP contribution in [0.25, 0.3) is 0 Å². The molecule has 0 heterocycles. The van der Waals surface area contributed by atoms with Crippen molar-refractivity contribution in [2.24, 2.45) is 0 Å². The molecule has 0 aromatic heterocycles. The van der Waals surface area contributed by atoms with E-state index in [0.29, 0.717) is 47.2 Å². The predicted octanol–water partition coefficient (Wildman–Crippen LogP) is 13.8. The number of carbonyl (C=O) groups is 1. The first-order valence-electron chi connectivity index (χ1n) is 21.7. The lowest BCUT2D eigenvalue weighted by molar-refractivity contribution is -0.131. The predicted molar refractivity (Wildman–Crippen MR) is 273 cm³/mol. The molecule has 4 rings (SSSR count). The van der Waals surface area contributed by atoms with E-state index in [1.807, 2.05) is 60.7 Å². The van der Waals surface area contributed by atoms with E-state index >= 15 is 0 Å². The summed E-state index contributed by atoms with van der Waals surface area (Å²) in [5.41, 5.74) is 4.94. The third-order valence-corrected chi connectivity index (χ3v) is 13.3. The quantitative estimate of drug-likeness (QED) is 0.0332. The van der Waals surface area contributed by atoms with Crippen molar-refractivity contribution < 1.29 is 78.2 Å². The second kappa shape index (κ2) is 34.7. The molecule has 0 saturated heterocycles. The fourth-order valence-electron chi connectivity index (χ4n) is 4.98. The highest BCUT2D eigenvalue weighted by Gasteiger charge is 2.24. The Morgan fingerprint density at radius 2 is 0.812 bits per heavy atom. The van der Waals surface area contributed by atoms with Gasteiger partial charge in [0.25, 0.3) is 10.1 Å². The minimum atomic E-state index is -4.43. The molecular formula is C47H74ClO17P3S. The summed E-state index contributed by atoms with van der Waals surface area (Å²) in [5.74, 6) is 3.44. The van der Waals surface area contributed by atoms with Gasteiger partial charge in [-0.05, 0) is 120 Å². The van der Waals surface area contributed by atoms with Crippen molar-refractivity contribution in [1.29, 1.82) is 0 Å². The van der Waals surface area contributed by atoms with Gasteiger partial charge in [0.2, 0.25) is 0 Å². The van der Waals surface area contributed by atoms with Crippen molar-refractivity contribution in [2.75, 3.05) is 34.7 Å². The van der Waals surface area contributed by atoms with Crippen LogP contribution < -0.4 is 13.8 Å². The third kappa shape index (κ3) is 33.6. The van der Waals surface area contributed by atoms with Crippen LogP contribution in [0.5, 0.6) is 23.0 Å². The van der Waals surface area contributed by atoms with Crippen LogP contribution in [0.3, 0.4) is 0 Å². The summed E-state index contributed by atoms with van der Waals surface area (Å²) in [7, 11) is -6.53. The molecule has 0 bridgehead atoms. The lowest BCUT2D eigenvalue weighted by Gasteiger charge is -2.15. The number of carbonyl (C=O) groups excluding carboxylic acids is 1. The number of phenols is 1. The molecule has 4 aromatic carbocycles. The molecule has 4 aromatic rings. The Kier molecular flexibility index (Phi) is 33.9. The normalized spacial score (nSPS) is 12.8. The summed E-state index contributed by atoms with van der Waals surface area (Å²) in [6, 6.07) is 29.3. The van der Waals surface area contributed by atoms with Gasteiger partial charge in [0.05, 0.1) is 6.26 Å². The number of esters is 1. The van der Waals surface area contributed by atoms with E-state index in [0.717, 1.165) is 31.2 Å². The zero-order valence-electron chi connectivity index (χ0n) is 42.1. The summed E-state index contributed by atoms with van der Waals surface area (Å²) >= 11 is 5.02. The molecule has 0 aliphatic rings. The Balaban J connectivity index is 0. The molecule has 4 unspecified atom stereocenters. The summed E-state index contributed by atoms with van der Waals surface area (Å²) < 4.78 is 90.7. The Hall–Kier alpha value is -3.60. The molecule has 22 heteroatoms. The van der Waals surface area contributed by atoms with Crippen LogP contribution in [0.2, 0.25) is 0 Å². The maximum absolute atomic E-state index is 11.7. The summed E-state index contributed by atoms with van der Waals surface area (Å²) in [6.07, 6.45) is 5.08. The Bertz CT molecular complexity index is 2240. The number of ether oxygens (including phenoxy) is 1. The molecule has 0 aliphatic carbocycles. The van der Waals surface area contributed by atoms with E-state index < -0.39 is 32.7 Å². The number of phosphoric ester groups is 2.